The van der Waals surface area contributed by atoms with Crippen molar-refractivity contribution in [2.45, 2.75) is 65.5 Å². The summed E-state index contributed by atoms with van der Waals surface area (Å²) in [5.74, 6) is 0.785. The second-order valence-corrected chi connectivity index (χ2v) is 5.91. The fourth-order valence-electron chi connectivity index (χ4n) is 2.39. The molecule has 16 heavy (non-hydrogen) atoms. The first-order valence-corrected chi connectivity index (χ1v) is 6.99. The third kappa shape index (κ3) is 3.46. The molecule has 1 fully saturated rings. The van der Waals surface area contributed by atoms with Crippen LogP contribution in [-0.2, 0) is 0 Å². The van der Waals surface area contributed by atoms with Crippen LogP contribution in [0.25, 0.3) is 0 Å². The van der Waals surface area contributed by atoms with E-state index < -0.39 is 0 Å². The van der Waals surface area contributed by atoms with E-state index in [4.69, 9.17) is 0 Å². The molecule has 0 bridgehead atoms. The standard InChI is InChI=1S/C14H30N2/c1-6-12(3)13-11-16(10-8-9-15-13)14(4,5)7-2/h12-13,15H,6-11H2,1-5H3. The molecule has 0 aliphatic carbocycles. The van der Waals surface area contributed by atoms with Gasteiger partial charge in [-0.3, -0.25) is 4.90 Å². The summed E-state index contributed by atoms with van der Waals surface area (Å²) in [6.45, 7) is 15.4. The summed E-state index contributed by atoms with van der Waals surface area (Å²) >= 11 is 0. The second kappa shape index (κ2) is 6.02. The zero-order valence-electron chi connectivity index (χ0n) is 11.8. The molecule has 1 heterocycles. The molecule has 1 rings (SSSR count). The Labute approximate surface area is 102 Å². The van der Waals surface area contributed by atoms with Gasteiger partial charge in [0.15, 0.2) is 0 Å². The fraction of sp³-hybridized carbons (Fsp3) is 1.00. The van der Waals surface area contributed by atoms with Crippen LogP contribution in [0.2, 0.25) is 0 Å². The van der Waals surface area contributed by atoms with Gasteiger partial charge in [0.25, 0.3) is 0 Å². The van der Waals surface area contributed by atoms with Gasteiger partial charge in [-0.1, -0.05) is 27.2 Å². The normalized spacial score (nSPS) is 26.4. The molecule has 0 aromatic heterocycles. The van der Waals surface area contributed by atoms with Gasteiger partial charge in [0.1, 0.15) is 0 Å². The van der Waals surface area contributed by atoms with Gasteiger partial charge in [0.05, 0.1) is 0 Å². The lowest BCUT2D eigenvalue weighted by Crippen LogP contribution is -2.49. The Hall–Kier alpha value is -0.0800. The van der Waals surface area contributed by atoms with Crippen LogP contribution >= 0.6 is 0 Å². The molecule has 0 spiro atoms. The van der Waals surface area contributed by atoms with Crippen LogP contribution in [0.1, 0.15) is 53.9 Å². The van der Waals surface area contributed by atoms with Gasteiger partial charge >= 0.3 is 0 Å². The molecule has 2 unspecified atom stereocenters. The van der Waals surface area contributed by atoms with Crippen molar-refractivity contribution < 1.29 is 0 Å². The van der Waals surface area contributed by atoms with Crippen molar-refractivity contribution in [1.29, 1.82) is 0 Å². The first-order chi connectivity index (χ1) is 7.51. The van der Waals surface area contributed by atoms with E-state index in [2.05, 4.69) is 44.8 Å². The Balaban J connectivity index is 2.65. The van der Waals surface area contributed by atoms with E-state index in [0.29, 0.717) is 11.6 Å². The van der Waals surface area contributed by atoms with E-state index in [1.54, 1.807) is 0 Å². The maximum absolute atomic E-state index is 3.72. The minimum absolute atomic E-state index is 0.359. The summed E-state index contributed by atoms with van der Waals surface area (Å²) < 4.78 is 0. The Kier molecular flexibility index (Phi) is 5.26. The molecule has 2 heteroatoms. The molecule has 0 amide bonds. The summed E-state index contributed by atoms with van der Waals surface area (Å²) in [7, 11) is 0. The highest BCUT2D eigenvalue weighted by Gasteiger charge is 2.29. The molecule has 1 aliphatic rings. The van der Waals surface area contributed by atoms with E-state index in [9.17, 15) is 0 Å². The molecule has 2 atom stereocenters. The minimum Gasteiger partial charge on any atom is -0.312 e. The smallest absolute Gasteiger partial charge is 0.0220 e. The lowest BCUT2D eigenvalue weighted by atomic mass is 9.94. The summed E-state index contributed by atoms with van der Waals surface area (Å²) in [4.78, 5) is 2.68. The van der Waals surface area contributed by atoms with Crippen LogP contribution in [0.3, 0.4) is 0 Å². The first kappa shape index (κ1) is 14.0. The molecule has 1 saturated heterocycles. The molecule has 0 saturated carbocycles. The van der Waals surface area contributed by atoms with Crippen molar-refractivity contribution in [3.63, 3.8) is 0 Å². The Bertz CT molecular complexity index is 201. The van der Waals surface area contributed by atoms with Gasteiger partial charge in [-0.2, -0.15) is 0 Å². The monoisotopic (exact) mass is 226 g/mol. The third-order valence-corrected chi connectivity index (χ3v) is 4.48. The maximum atomic E-state index is 3.72. The lowest BCUT2D eigenvalue weighted by Gasteiger charge is -2.39. The van der Waals surface area contributed by atoms with Crippen molar-refractivity contribution in [3.8, 4) is 0 Å². The number of nitrogens with one attached hydrogen (secondary N) is 1. The predicted octanol–water partition coefficient (Wildman–Crippen LogP) is 2.89. The fourth-order valence-corrected chi connectivity index (χ4v) is 2.39. The quantitative estimate of drug-likeness (QED) is 0.793. The largest absolute Gasteiger partial charge is 0.312 e. The van der Waals surface area contributed by atoms with Gasteiger partial charge in [-0.15, -0.1) is 0 Å². The van der Waals surface area contributed by atoms with Crippen molar-refractivity contribution in [2.75, 3.05) is 19.6 Å². The first-order valence-electron chi connectivity index (χ1n) is 6.99. The molecular formula is C14H30N2. The summed E-state index contributed by atoms with van der Waals surface area (Å²) in [6.07, 6.45) is 3.80. The zero-order chi connectivity index (χ0) is 12.2. The van der Waals surface area contributed by atoms with Crippen LogP contribution in [0.15, 0.2) is 0 Å². The van der Waals surface area contributed by atoms with Gasteiger partial charge in [-0.05, 0) is 45.7 Å². The topological polar surface area (TPSA) is 15.3 Å². The van der Waals surface area contributed by atoms with Crippen molar-refractivity contribution in [3.05, 3.63) is 0 Å². The molecule has 0 aromatic rings. The Morgan fingerprint density at radius 1 is 1.38 bits per heavy atom. The van der Waals surface area contributed by atoms with E-state index in [1.807, 2.05) is 0 Å². The van der Waals surface area contributed by atoms with Crippen molar-refractivity contribution >= 4 is 0 Å². The molecule has 0 aromatic carbocycles. The van der Waals surface area contributed by atoms with E-state index in [0.717, 1.165) is 5.92 Å². The molecule has 0 radical (unpaired) electrons. The van der Waals surface area contributed by atoms with E-state index in [1.165, 1.54) is 38.9 Å². The highest BCUT2D eigenvalue weighted by molar-refractivity contribution is 4.87. The molecule has 2 nitrogen and oxygen atoms in total. The SMILES string of the molecule is CCC(C)C1CN(C(C)(C)CC)CCCN1. The highest BCUT2D eigenvalue weighted by Crippen LogP contribution is 2.22. The maximum Gasteiger partial charge on any atom is 0.0220 e. The number of nitrogens with zero attached hydrogens (tertiary/aromatic N) is 1. The number of rotatable bonds is 4. The Morgan fingerprint density at radius 2 is 2.06 bits per heavy atom. The van der Waals surface area contributed by atoms with Crippen LogP contribution < -0.4 is 5.32 Å². The molecule has 96 valence electrons. The molecular weight excluding hydrogens is 196 g/mol. The van der Waals surface area contributed by atoms with Gasteiger partial charge in [0.2, 0.25) is 0 Å². The van der Waals surface area contributed by atoms with Crippen LogP contribution in [0.5, 0.6) is 0 Å². The predicted molar refractivity (Wildman–Crippen MR) is 71.8 cm³/mol. The van der Waals surface area contributed by atoms with Crippen molar-refractivity contribution in [1.82, 2.24) is 10.2 Å². The summed E-state index contributed by atoms with van der Waals surface area (Å²) in [5, 5.41) is 3.72. The average molecular weight is 226 g/mol. The van der Waals surface area contributed by atoms with Crippen LogP contribution in [0, 0.1) is 5.92 Å². The lowest BCUT2D eigenvalue weighted by molar-refractivity contribution is 0.105. The molecule has 1 aliphatic heterocycles. The summed E-state index contributed by atoms with van der Waals surface area (Å²) in [6, 6.07) is 0.679. The number of hydrogen-bond donors (Lipinski definition) is 1. The number of hydrogen-bond acceptors (Lipinski definition) is 2. The van der Waals surface area contributed by atoms with Gasteiger partial charge in [-0.25, -0.2) is 0 Å². The highest BCUT2D eigenvalue weighted by atomic mass is 15.2. The van der Waals surface area contributed by atoms with Crippen LogP contribution in [0.4, 0.5) is 0 Å². The van der Waals surface area contributed by atoms with Gasteiger partial charge in [0, 0.05) is 18.1 Å². The van der Waals surface area contributed by atoms with Gasteiger partial charge < -0.3 is 5.32 Å². The van der Waals surface area contributed by atoms with Crippen molar-refractivity contribution in [2.24, 2.45) is 5.92 Å². The van der Waals surface area contributed by atoms with Crippen LogP contribution in [-0.4, -0.2) is 36.1 Å². The van der Waals surface area contributed by atoms with E-state index >= 15 is 0 Å². The minimum atomic E-state index is 0.359. The Morgan fingerprint density at radius 3 is 2.62 bits per heavy atom. The second-order valence-electron chi connectivity index (χ2n) is 5.91. The average Bonchev–Trinajstić information content (AvgIpc) is 2.54. The zero-order valence-corrected chi connectivity index (χ0v) is 11.8. The molecule has 1 N–H and O–H groups in total. The summed E-state index contributed by atoms with van der Waals surface area (Å²) in [5.41, 5.74) is 0.359. The van der Waals surface area contributed by atoms with E-state index in [-0.39, 0.29) is 0 Å². The third-order valence-electron chi connectivity index (χ3n) is 4.48.